The van der Waals surface area contributed by atoms with Gasteiger partial charge in [0.15, 0.2) is 11.4 Å². The molecule has 0 spiro atoms. The zero-order valence-electron chi connectivity index (χ0n) is 14.3. The lowest BCUT2D eigenvalue weighted by atomic mass is 10.1. The maximum Gasteiger partial charge on any atom is 0.316 e. The first-order valence-electron chi connectivity index (χ1n) is 8.46. The molecule has 3 aromatic rings. The molecule has 0 N–H and O–H groups in total. The normalized spacial score (nSPS) is 18.6. The molecule has 0 radical (unpaired) electrons. The first kappa shape index (κ1) is 17.8. The number of rotatable bonds is 5. The molecular formula is C17H17FN4O4S. The summed E-state index contributed by atoms with van der Waals surface area (Å²) in [5, 5.41) is 4.59. The van der Waals surface area contributed by atoms with Crippen LogP contribution in [-0.2, 0) is 15.8 Å². The van der Waals surface area contributed by atoms with Crippen molar-refractivity contribution in [2.45, 2.75) is 24.7 Å². The van der Waals surface area contributed by atoms with Gasteiger partial charge in [-0.05, 0) is 25.0 Å². The van der Waals surface area contributed by atoms with Crippen LogP contribution >= 0.6 is 0 Å². The van der Waals surface area contributed by atoms with Crippen LogP contribution in [0.2, 0.25) is 0 Å². The molecule has 1 fully saturated rings. The first-order chi connectivity index (χ1) is 13.0. The molecule has 0 bridgehead atoms. The Balaban J connectivity index is 1.47. The second kappa shape index (κ2) is 7.20. The Morgan fingerprint density at radius 1 is 1.26 bits per heavy atom. The van der Waals surface area contributed by atoms with Crippen LogP contribution in [-0.4, -0.2) is 47.0 Å². The third kappa shape index (κ3) is 3.91. The van der Waals surface area contributed by atoms with Gasteiger partial charge in [-0.1, -0.05) is 17.3 Å². The summed E-state index contributed by atoms with van der Waals surface area (Å²) in [4.78, 5) is 7.51. The van der Waals surface area contributed by atoms with E-state index in [9.17, 15) is 12.8 Å². The monoisotopic (exact) mass is 392 g/mol. The second-order valence-corrected chi connectivity index (χ2v) is 8.27. The largest absolute Gasteiger partial charge is 0.459 e. The zero-order chi connectivity index (χ0) is 18.9. The summed E-state index contributed by atoms with van der Waals surface area (Å²) in [6, 6.07) is 7.17. The summed E-state index contributed by atoms with van der Waals surface area (Å²) >= 11 is 0. The summed E-state index contributed by atoms with van der Waals surface area (Å²) < 4.78 is 50.8. The van der Waals surface area contributed by atoms with E-state index in [2.05, 4.69) is 15.1 Å². The van der Waals surface area contributed by atoms with Gasteiger partial charge in [-0.3, -0.25) is 0 Å². The lowest BCUT2D eigenvalue weighted by molar-refractivity contribution is 0.118. The van der Waals surface area contributed by atoms with Crippen LogP contribution in [0.3, 0.4) is 0 Å². The number of sulfonamides is 1. The molecule has 1 unspecified atom stereocenters. The van der Waals surface area contributed by atoms with Gasteiger partial charge in [0.1, 0.15) is 17.6 Å². The van der Waals surface area contributed by atoms with Crippen molar-refractivity contribution in [2.24, 2.45) is 0 Å². The van der Waals surface area contributed by atoms with Crippen molar-refractivity contribution in [1.29, 1.82) is 0 Å². The standard InChI is InChI=1S/C17H17FN4O4S/c18-12-8-19-17(20-9-12)25-13-4-3-7-22(10-13)27(23,24)11-15-14-5-1-2-6-16(14)26-21-15/h1-2,5-6,8-9,13H,3-4,7,10-11H2. The van der Waals surface area contributed by atoms with Gasteiger partial charge >= 0.3 is 6.01 Å². The van der Waals surface area contributed by atoms with Crippen LogP contribution in [0.5, 0.6) is 6.01 Å². The maximum atomic E-state index is 12.9. The third-order valence-corrected chi connectivity index (χ3v) is 6.13. The number of hydrogen-bond acceptors (Lipinski definition) is 7. The number of ether oxygens (including phenoxy) is 1. The van der Waals surface area contributed by atoms with Crippen LogP contribution in [0.1, 0.15) is 18.5 Å². The highest BCUT2D eigenvalue weighted by Gasteiger charge is 2.31. The van der Waals surface area contributed by atoms with Gasteiger partial charge in [0.2, 0.25) is 10.0 Å². The number of hydrogen-bond donors (Lipinski definition) is 0. The Bertz CT molecular complexity index is 1040. The molecule has 4 rings (SSSR count). The van der Waals surface area contributed by atoms with E-state index in [-0.39, 0.29) is 18.3 Å². The molecule has 1 saturated heterocycles. The molecular weight excluding hydrogens is 375 g/mol. The van der Waals surface area contributed by atoms with Crippen molar-refractivity contribution < 1.29 is 22.1 Å². The number of para-hydroxylation sites is 1. The highest BCUT2D eigenvalue weighted by atomic mass is 32.2. The van der Waals surface area contributed by atoms with E-state index in [0.29, 0.717) is 36.0 Å². The Morgan fingerprint density at radius 2 is 2.04 bits per heavy atom. The van der Waals surface area contributed by atoms with Gasteiger partial charge in [0.25, 0.3) is 0 Å². The average Bonchev–Trinajstić information content (AvgIpc) is 3.06. The quantitative estimate of drug-likeness (QED) is 0.656. The van der Waals surface area contributed by atoms with Crippen molar-refractivity contribution in [1.82, 2.24) is 19.4 Å². The van der Waals surface area contributed by atoms with Crippen molar-refractivity contribution in [3.8, 4) is 6.01 Å². The minimum absolute atomic E-state index is 0.0307. The summed E-state index contributed by atoms with van der Waals surface area (Å²) in [6.45, 7) is 0.584. The number of piperidine rings is 1. The van der Waals surface area contributed by atoms with Crippen LogP contribution < -0.4 is 4.74 Å². The molecule has 1 aliphatic heterocycles. The zero-order valence-corrected chi connectivity index (χ0v) is 15.1. The Kier molecular flexibility index (Phi) is 4.75. The number of benzene rings is 1. The van der Waals surface area contributed by atoms with Gasteiger partial charge in [0.05, 0.1) is 18.9 Å². The van der Waals surface area contributed by atoms with E-state index in [4.69, 9.17) is 9.26 Å². The van der Waals surface area contributed by atoms with Gasteiger partial charge in [-0.15, -0.1) is 0 Å². The molecule has 0 amide bonds. The predicted octanol–water partition coefficient (Wildman–Crippen LogP) is 2.13. The minimum atomic E-state index is -3.60. The van der Waals surface area contributed by atoms with E-state index < -0.39 is 21.9 Å². The van der Waals surface area contributed by atoms with Crippen molar-refractivity contribution in [3.63, 3.8) is 0 Å². The summed E-state index contributed by atoms with van der Waals surface area (Å²) in [5.41, 5.74) is 0.937. The van der Waals surface area contributed by atoms with Crippen molar-refractivity contribution in [3.05, 3.63) is 48.2 Å². The molecule has 0 aliphatic carbocycles. The van der Waals surface area contributed by atoms with Gasteiger partial charge in [-0.2, -0.15) is 4.31 Å². The van der Waals surface area contributed by atoms with Crippen molar-refractivity contribution >= 4 is 21.0 Å². The van der Waals surface area contributed by atoms with Crippen LogP contribution in [0.15, 0.2) is 41.2 Å². The van der Waals surface area contributed by atoms with E-state index >= 15 is 0 Å². The number of aromatic nitrogens is 3. The minimum Gasteiger partial charge on any atom is -0.459 e. The molecule has 2 aromatic heterocycles. The predicted molar refractivity (Wildman–Crippen MR) is 93.8 cm³/mol. The summed E-state index contributed by atoms with van der Waals surface area (Å²) in [6.07, 6.45) is 2.93. The molecule has 1 atom stereocenters. The number of nitrogens with zero attached hydrogens (tertiary/aromatic N) is 4. The lowest BCUT2D eigenvalue weighted by Crippen LogP contribution is -2.44. The molecule has 142 valence electrons. The summed E-state index contributed by atoms with van der Waals surface area (Å²) in [7, 11) is -3.60. The van der Waals surface area contributed by atoms with Crippen LogP contribution in [0.4, 0.5) is 4.39 Å². The smallest absolute Gasteiger partial charge is 0.316 e. The molecule has 1 aromatic carbocycles. The summed E-state index contributed by atoms with van der Waals surface area (Å²) in [5.74, 6) is -0.806. The fourth-order valence-corrected chi connectivity index (χ4v) is 4.61. The fourth-order valence-electron chi connectivity index (χ4n) is 3.07. The van der Waals surface area contributed by atoms with Crippen molar-refractivity contribution in [2.75, 3.05) is 13.1 Å². The Hall–Kier alpha value is -2.59. The molecule has 0 saturated carbocycles. The molecule has 27 heavy (non-hydrogen) atoms. The Morgan fingerprint density at radius 3 is 2.85 bits per heavy atom. The third-order valence-electron chi connectivity index (χ3n) is 4.37. The van der Waals surface area contributed by atoms with Crippen LogP contribution in [0.25, 0.3) is 11.0 Å². The number of halogens is 1. The highest BCUT2D eigenvalue weighted by Crippen LogP contribution is 2.23. The van der Waals surface area contributed by atoms with Gasteiger partial charge in [0, 0.05) is 11.9 Å². The maximum absolute atomic E-state index is 12.9. The first-order valence-corrected chi connectivity index (χ1v) is 10.1. The molecule has 8 nitrogen and oxygen atoms in total. The van der Waals surface area contributed by atoms with E-state index in [1.165, 1.54) is 4.31 Å². The van der Waals surface area contributed by atoms with E-state index in [0.717, 1.165) is 12.4 Å². The number of fused-ring (bicyclic) bond motifs is 1. The molecule has 1 aliphatic rings. The van der Waals surface area contributed by atoms with Gasteiger partial charge in [-0.25, -0.2) is 22.8 Å². The van der Waals surface area contributed by atoms with E-state index in [1.807, 2.05) is 6.07 Å². The van der Waals surface area contributed by atoms with Gasteiger partial charge < -0.3 is 9.26 Å². The topological polar surface area (TPSA) is 98.4 Å². The molecule has 10 heteroatoms. The van der Waals surface area contributed by atoms with Crippen LogP contribution in [0, 0.1) is 5.82 Å². The fraction of sp³-hybridized carbons (Fsp3) is 0.353. The SMILES string of the molecule is O=S(=O)(Cc1noc2ccccc12)N1CCCC(Oc2ncc(F)cn2)C1. The average molecular weight is 392 g/mol. The van der Waals surface area contributed by atoms with E-state index in [1.54, 1.807) is 18.2 Å². The molecule has 3 heterocycles. The second-order valence-electron chi connectivity index (χ2n) is 6.31. The lowest BCUT2D eigenvalue weighted by Gasteiger charge is -2.31. The highest BCUT2D eigenvalue weighted by molar-refractivity contribution is 7.88. The Labute approximate surface area is 155 Å².